The molecule has 0 bridgehead atoms. The Kier molecular flexibility index (Phi) is 3.00. The summed E-state index contributed by atoms with van der Waals surface area (Å²) in [5, 5.41) is 5.11. The van der Waals surface area contributed by atoms with Gasteiger partial charge in [0.1, 0.15) is 0 Å². The maximum Gasteiger partial charge on any atom is 0.226 e. The van der Waals surface area contributed by atoms with Crippen LogP contribution in [0.25, 0.3) is 4.96 Å². The second-order valence-electron chi connectivity index (χ2n) is 5.44. The predicted molar refractivity (Wildman–Crippen MR) is 82.6 cm³/mol. The summed E-state index contributed by atoms with van der Waals surface area (Å²) in [4.78, 5) is 17.5. The topological polar surface area (TPSA) is 46.4 Å². The van der Waals surface area contributed by atoms with Gasteiger partial charge in [0.25, 0.3) is 0 Å². The van der Waals surface area contributed by atoms with Gasteiger partial charge in [-0.3, -0.25) is 9.20 Å². The van der Waals surface area contributed by atoms with E-state index in [4.69, 9.17) is 0 Å². The number of thiazole rings is 1. The molecule has 1 aromatic carbocycles. The van der Waals surface area contributed by atoms with Crippen LogP contribution in [0.1, 0.15) is 16.8 Å². The Hall–Kier alpha value is -2.14. The zero-order valence-corrected chi connectivity index (χ0v) is 12.3. The third-order valence-corrected chi connectivity index (χ3v) is 4.67. The van der Waals surface area contributed by atoms with Crippen LogP contribution in [-0.2, 0) is 24.1 Å². The minimum Gasteiger partial charge on any atom is -0.352 e. The molecule has 1 amide bonds. The average molecular weight is 297 g/mol. The van der Waals surface area contributed by atoms with E-state index in [1.165, 1.54) is 11.1 Å². The Morgan fingerprint density at radius 3 is 2.81 bits per heavy atom. The van der Waals surface area contributed by atoms with Gasteiger partial charge in [0.05, 0.1) is 12.1 Å². The lowest BCUT2D eigenvalue weighted by Gasteiger charge is -2.11. The van der Waals surface area contributed by atoms with Crippen molar-refractivity contribution in [2.24, 2.45) is 0 Å². The van der Waals surface area contributed by atoms with Crippen molar-refractivity contribution >= 4 is 22.2 Å². The van der Waals surface area contributed by atoms with Crippen molar-refractivity contribution in [2.45, 2.75) is 25.3 Å². The van der Waals surface area contributed by atoms with Gasteiger partial charge in [-0.25, -0.2) is 4.98 Å². The van der Waals surface area contributed by atoms with E-state index >= 15 is 0 Å². The lowest BCUT2D eigenvalue weighted by atomic mass is 10.1. The van der Waals surface area contributed by atoms with Gasteiger partial charge in [-0.1, -0.05) is 24.3 Å². The van der Waals surface area contributed by atoms with E-state index < -0.39 is 0 Å². The molecule has 0 aliphatic heterocycles. The fourth-order valence-corrected chi connectivity index (χ4v) is 3.68. The first-order valence-corrected chi connectivity index (χ1v) is 7.93. The summed E-state index contributed by atoms with van der Waals surface area (Å²) in [6.07, 6.45) is 6.10. The third kappa shape index (κ3) is 2.45. The van der Waals surface area contributed by atoms with E-state index in [0.717, 1.165) is 23.5 Å². The third-order valence-electron chi connectivity index (χ3n) is 3.90. The quantitative estimate of drug-likeness (QED) is 0.806. The zero-order valence-electron chi connectivity index (χ0n) is 11.5. The van der Waals surface area contributed by atoms with Crippen molar-refractivity contribution in [3.8, 4) is 0 Å². The van der Waals surface area contributed by atoms with Crippen molar-refractivity contribution in [2.75, 3.05) is 0 Å². The molecule has 0 fully saturated rings. The summed E-state index contributed by atoms with van der Waals surface area (Å²) in [6, 6.07) is 8.62. The molecule has 1 aliphatic rings. The molecule has 3 aromatic rings. The molecule has 1 aliphatic carbocycles. The lowest BCUT2D eigenvalue weighted by Crippen LogP contribution is -2.36. The van der Waals surface area contributed by atoms with Crippen LogP contribution in [0.3, 0.4) is 0 Å². The second-order valence-corrected chi connectivity index (χ2v) is 6.32. The van der Waals surface area contributed by atoms with Gasteiger partial charge in [0.2, 0.25) is 5.91 Å². The molecule has 0 radical (unpaired) electrons. The Labute approximate surface area is 126 Å². The Balaban J connectivity index is 1.40. The highest BCUT2D eigenvalue weighted by Crippen LogP contribution is 2.21. The van der Waals surface area contributed by atoms with Crippen LogP contribution in [0.4, 0.5) is 0 Å². The number of hydrogen-bond acceptors (Lipinski definition) is 3. The van der Waals surface area contributed by atoms with Crippen LogP contribution in [0.2, 0.25) is 0 Å². The summed E-state index contributed by atoms with van der Waals surface area (Å²) < 4.78 is 1.96. The van der Waals surface area contributed by atoms with Crippen LogP contribution in [0.5, 0.6) is 0 Å². The molecule has 4 nitrogen and oxygen atoms in total. The van der Waals surface area contributed by atoms with Crippen molar-refractivity contribution < 1.29 is 4.79 Å². The van der Waals surface area contributed by atoms with Crippen molar-refractivity contribution in [3.63, 3.8) is 0 Å². The smallest absolute Gasteiger partial charge is 0.226 e. The Bertz CT molecular complexity index is 751. The van der Waals surface area contributed by atoms with Crippen molar-refractivity contribution in [1.82, 2.24) is 14.7 Å². The number of fused-ring (bicyclic) bond motifs is 2. The predicted octanol–water partition coefficient (Wildman–Crippen LogP) is 2.22. The van der Waals surface area contributed by atoms with E-state index in [2.05, 4.69) is 34.6 Å². The van der Waals surface area contributed by atoms with Gasteiger partial charge in [0.15, 0.2) is 4.96 Å². The van der Waals surface area contributed by atoms with E-state index in [-0.39, 0.29) is 11.9 Å². The summed E-state index contributed by atoms with van der Waals surface area (Å²) in [5.74, 6) is 0.0542. The SMILES string of the molecule is O=C(Cc1cn2ccsc2n1)NC1Cc2ccccc2C1. The maximum atomic E-state index is 12.2. The number of hydrogen-bond donors (Lipinski definition) is 1. The molecule has 2 heterocycles. The lowest BCUT2D eigenvalue weighted by molar-refractivity contribution is -0.121. The first kappa shape index (κ1) is 12.6. The first-order chi connectivity index (χ1) is 10.3. The van der Waals surface area contributed by atoms with Gasteiger partial charge in [-0.2, -0.15) is 0 Å². The normalized spacial score (nSPS) is 14.5. The summed E-state index contributed by atoms with van der Waals surface area (Å²) in [7, 11) is 0. The van der Waals surface area contributed by atoms with Gasteiger partial charge in [-0.05, 0) is 24.0 Å². The monoisotopic (exact) mass is 297 g/mol. The summed E-state index contributed by atoms with van der Waals surface area (Å²) in [5.41, 5.74) is 3.53. The molecule has 0 saturated heterocycles. The van der Waals surface area contributed by atoms with Gasteiger partial charge < -0.3 is 5.32 Å². The van der Waals surface area contributed by atoms with Gasteiger partial charge in [-0.15, -0.1) is 11.3 Å². The number of nitrogens with one attached hydrogen (secondary N) is 1. The van der Waals surface area contributed by atoms with Crippen LogP contribution in [0, 0.1) is 0 Å². The Morgan fingerprint density at radius 1 is 1.33 bits per heavy atom. The van der Waals surface area contributed by atoms with Gasteiger partial charge >= 0.3 is 0 Å². The molecule has 0 spiro atoms. The highest BCUT2D eigenvalue weighted by atomic mass is 32.1. The average Bonchev–Trinajstić information content (AvgIpc) is 3.11. The van der Waals surface area contributed by atoms with Gasteiger partial charge in [0, 0.05) is 23.8 Å². The molecule has 4 rings (SSSR count). The fraction of sp³-hybridized carbons (Fsp3) is 0.250. The fourth-order valence-electron chi connectivity index (χ4n) is 2.97. The number of carbonyl (C=O) groups excluding carboxylic acids is 1. The minimum atomic E-state index is 0.0542. The molecule has 0 saturated carbocycles. The molecule has 5 heteroatoms. The number of amides is 1. The van der Waals surface area contributed by atoms with Crippen molar-refractivity contribution in [1.29, 1.82) is 0 Å². The molecular formula is C16H15N3OS. The largest absolute Gasteiger partial charge is 0.352 e. The standard InChI is InChI=1S/C16H15N3OS/c20-15(9-14-10-19-5-6-21-16(19)18-14)17-13-7-11-3-1-2-4-12(11)8-13/h1-6,10,13H,7-9H2,(H,17,20). The minimum absolute atomic E-state index is 0.0542. The van der Waals surface area contributed by atoms with E-state index in [1.54, 1.807) is 11.3 Å². The number of rotatable bonds is 3. The van der Waals surface area contributed by atoms with Crippen molar-refractivity contribution in [3.05, 3.63) is 58.9 Å². The zero-order chi connectivity index (χ0) is 14.2. The number of carbonyl (C=O) groups is 1. The molecule has 0 atom stereocenters. The van der Waals surface area contributed by atoms with E-state index in [0.29, 0.717) is 6.42 Å². The van der Waals surface area contributed by atoms with Crippen LogP contribution in [-0.4, -0.2) is 21.3 Å². The number of imidazole rings is 1. The molecule has 106 valence electrons. The second kappa shape index (κ2) is 5.00. The highest BCUT2D eigenvalue weighted by Gasteiger charge is 2.22. The maximum absolute atomic E-state index is 12.2. The molecule has 2 aromatic heterocycles. The number of aromatic nitrogens is 2. The highest BCUT2D eigenvalue weighted by molar-refractivity contribution is 7.15. The van der Waals surface area contributed by atoms with E-state index in [9.17, 15) is 4.79 Å². The van der Waals surface area contributed by atoms with Crippen LogP contribution in [0.15, 0.2) is 42.0 Å². The summed E-state index contributed by atoms with van der Waals surface area (Å²) >= 11 is 1.58. The number of nitrogens with zero attached hydrogens (tertiary/aromatic N) is 2. The molecule has 0 unspecified atom stereocenters. The first-order valence-electron chi connectivity index (χ1n) is 7.05. The number of benzene rings is 1. The van der Waals surface area contributed by atoms with Crippen LogP contribution < -0.4 is 5.32 Å². The summed E-state index contributed by atoms with van der Waals surface area (Å²) in [6.45, 7) is 0. The molecule has 1 N–H and O–H groups in total. The molecular weight excluding hydrogens is 282 g/mol. The molecule has 21 heavy (non-hydrogen) atoms. The van der Waals surface area contributed by atoms with E-state index in [1.807, 2.05) is 22.2 Å². The van der Waals surface area contributed by atoms with Crippen LogP contribution >= 0.6 is 11.3 Å². The Morgan fingerprint density at radius 2 is 2.10 bits per heavy atom.